The molecule has 0 aliphatic carbocycles. The number of hydrogen-bond donors (Lipinski definition) is 1. The second-order valence-electron chi connectivity index (χ2n) is 5.72. The molecule has 1 aliphatic heterocycles. The monoisotopic (exact) mass is 300 g/mol. The average Bonchev–Trinajstić information content (AvgIpc) is 2.86. The number of halogens is 1. The first-order chi connectivity index (χ1) is 10.2. The summed E-state index contributed by atoms with van der Waals surface area (Å²) < 4.78 is 0. The van der Waals surface area contributed by atoms with Crippen molar-refractivity contribution in [3.63, 3.8) is 0 Å². The maximum absolute atomic E-state index is 6.14. The van der Waals surface area contributed by atoms with Gasteiger partial charge in [-0.1, -0.05) is 41.9 Å². The van der Waals surface area contributed by atoms with E-state index in [4.69, 9.17) is 17.3 Å². The lowest BCUT2D eigenvalue weighted by Crippen LogP contribution is -2.26. The summed E-state index contributed by atoms with van der Waals surface area (Å²) in [5.41, 5.74) is 9.80. The van der Waals surface area contributed by atoms with Gasteiger partial charge in [0.25, 0.3) is 0 Å². The molecule has 110 valence electrons. The lowest BCUT2D eigenvalue weighted by Gasteiger charge is -2.28. The van der Waals surface area contributed by atoms with E-state index < -0.39 is 0 Å². The van der Waals surface area contributed by atoms with Crippen LogP contribution >= 0.6 is 11.6 Å². The largest absolute Gasteiger partial charge is 0.364 e. The number of fused-ring (bicyclic) bond motifs is 1. The van der Waals surface area contributed by atoms with Gasteiger partial charge >= 0.3 is 0 Å². The van der Waals surface area contributed by atoms with Crippen LogP contribution in [0.4, 0.5) is 5.69 Å². The molecule has 1 aliphatic rings. The van der Waals surface area contributed by atoms with E-state index in [1.807, 2.05) is 12.1 Å². The van der Waals surface area contributed by atoms with Crippen LogP contribution in [0.5, 0.6) is 0 Å². The van der Waals surface area contributed by atoms with Crippen LogP contribution < -0.4 is 10.6 Å². The number of hydrogen-bond acceptors (Lipinski definition) is 2. The van der Waals surface area contributed by atoms with E-state index in [9.17, 15) is 0 Å². The summed E-state index contributed by atoms with van der Waals surface area (Å²) in [4.78, 5) is 2.47. The summed E-state index contributed by atoms with van der Waals surface area (Å²) in [5.74, 6) is 0.535. The number of rotatable bonds is 4. The standard InChI is InChI=1S/C18H21ClN2/c1-13(14-5-4-6-16(19)11-14)21-12-15(9-10-20)17-7-2-3-8-18(17)21/h2-8,11,13,15H,9-10,12,20H2,1H3. The Bertz CT molecular complexity index is 626. The summed E-state index contributed by atoms with van der Waals surface area (Å²) in [6.07, 6.45) is 1.04. The van der Waals surface area contributed by atoms with Crippen LogP contribution in [0.25, 0.3) is 0 Å². The number of nitrogens with two attached hydrogens (primary N) is 1. The second kappa shape index (κ2) is 6.08. The maximum atomic E-state index is 6.14. The SMILES string of the molecule is CC(c1cccc(Cl)c1)N1CC(CCN)c2ccccc21. The average molecular weight is 301 g/mol. The minimum atomic E-state index is 0.313. The van der Waals surface area contributed by atoms with Crippen LogP contribution in [0.15, 0.2) is 48.5 Å². The van der Waals surface area contributed by atoms with Gasteiger partial charge in [0.05, 0.1) is 6.04 Å². The minimum absolute atomic E-state index is 0.313. The highest BCUT2D eigenvalue weighted by atomic mass is 35.5. The molecule has 0 radical (unpaired) electrons. The molecule has 0 saturated carbocycles. The first-order valence-electron chi connectivity index (χ1n) is 7.52. The van der Waals surface area contributed by atoms with Crippen LogP contribution in [0.1, 0.15) is 36.4 Å². The van der Waals surface area contributed by atoms with E-state index in [0.29, 0.717) is 12.0 Å². The van der Waals surface area contributed by atoms with Crippen molar-refractivity contribution >= 4 is 17.3 Å². The summed E-state index contributed by atoms with van der Waals surface area (Å²) in [7, 11) is 0. The molecule has 2 aromatic carbocycles. The van der Waals surface area contributed by atoms with E-state index in [1.165, 1.54) is 16.8 Å². The third kappa shape index (κ3) is 2.78. The number of anilines is 1. The van der Waals surface area contributed by atoms with Crippen LogP contribution in [-0.4, -0.2) is 13.1 Å². The Morgan fingerprint density at radius 3 is 2.81 bits per heavy atom. The molecule has 0 amide bonds. The van der Waals surface area contributed by atoms with Gasteiger partial charge in [-0.15, -0.1) is 0 Å². The molecule has 2 N–H and O–H groups in total. The van der Waals surface area contributed by atoms with Crippen LogP contribution in [0.3, 0.4) is 0 Å². The van der Waals surface area contributed by atoms with Crippen LogP contribution in [0, 0.1) is 0 Å². The Kier molecular flexibility index (Phi) is 4.18. The van der Waals surface area contributed by atoms with E-state index in [1.54, 1.807) is 0 Å². The van der Waals surface area contributed by atoms with Crippen LogP contribution in [-0.2, 0) is 0 Å². The summed E-state index contributed by atoms with van der Waals surface area (Å²) in [5, 5.41) is 0.797. The molecule has 0 fully saturated rings. The highest BCUT2D eigenvalue weighted by molar-refractivity contribution is 6.30. The molecule has 2 unspecified atom stereocenters. The van der Waals surface area contributed by atoms with Crippen molar-refractivity contribution in [2.45, 2.75) is 25.3 Å². The van der Waals surface area contributed by atoms with Crippen molar-refractivity contribution in [3.8, 4) is 0 Å². The summed E-state index contributed by atoms with van der Waals surface area (Å²) in [6.45, 7) is 4.01. The van der Waals surface area contributed by atoms with Gasteiger partial charge in [0.15, 0.2) is 0 Å². The molecule has 3 heteroatoms. The summed E-state index contributed by atoms with van der Waals surface area (Å²) >= 11 is 6.14. The molecule has 2 nitrogen and oxygen atoms in total. The molecule has 3 rings (SSSR count). The molecule has 0 aromatic heterocycles. The first-order valence-corrected chi connectivity index (χ1v) is 7.89. The zero-order valence-corrected chi connectivity index (χ0v) is 13.1. The van der Waals surface area contributed by atoms with Crippen molar-refractivity contribution in [1.29, 1.82) is 0 Å². The Labute approximate surface area is 131 Å². The Balaban J connectivity index is 1.93. The number of para-hydroxylation sites is 1. The third-order valence-electron chi connectivity index (χ3n) is 4.42. The van der Waals surface area contributed by atoms with Crippen molar-refractivity contribution < 1.29 is 0 Å². The Hall–Kier alpha value is -1.51. The zero-order chi connectivity index (χ0) is 14.8. The normalized spacial score (nSPS) is 18.6. The fourth-order valence-electron chi connectivity index (χ4n) is 3.29. The Morgan fingerprint density at radius 2 is 2.05 bits per heavy atom. The van der Waals surface area contributed by atoms with Gasteiger partial charge < -0.3 is 10.6 Å². The first kappa shape index (κ1) is 14.4. The molecule has 0 bridgehead atoms. The zero-order valence-electron chi connectivity index (χ0n) is 12.3. The highest BCUT2D eigenvalue weighted by Crippen LogP contribution is 2.42. The maximum Gasteiger partial charge on any atom is 0.0515 e. The fraction of sp³-hybridized carbons (Fsp3) is 0.333. The van der Waals surface area contributed by atoms with Gasteiger partial charge in [0.2, 0.25) is 0 Å². The quantitative estimate of drug-likeness (QED) is 0.909. The molecular weight excluding hydrogens is 280 g/mol. The van der Waals surface area contributed by atoms with Crippen molar-refractivity contribution in [1.82, 2.24) is 0 Å². The van der Waals surface area contributed by atoms with Gasteiger partial charge in [-0.2, -0.15) is 0 Å². The lowest BCUT2D eigenvalue weighted by molar-refractivity contribution is 0.606. The predicted octanol–water partition coefficient (Wildman–Crippen LogP) is 4.35. The predicted molar refractivity (Wildman–Crippen MR) is 90.1 cm³/mol. The molecule has 21 heavy (non-hydrogen) atoms. The summed E-state index contributed by atoms with van der Waals surface area (Å²) in [6, 6.07) is 17.2. The molecule has 2 atom stereocenters. The topological polar surface area (TPSA) is 29.3 Å². The van der Waals surface area contributed by atoms with E-state index in [-0.39, 0.29) is 0 Å². The number of nitrogens with zero attached hydrogens (tertiary/aromatic N) is 1. The van der Waals surface area contributed by atoms with E-state index in [0.717, 1.165) is 24.5 Å². The lowest BCUT2D eigenvalue weighted by atomic mass is 9.98. The van der Waals surface area contributed by atoms with Gasteiger partial charge in [-0.3, -0.25) is 0 Å². The van der Waals surface area contributed by atoms with Gasteiger partial charge in [-0.25, -0.2) is 0 Å². The second-order valence-corrected chi connectivity index (χ2v) is 6.15. The minimum Gasteiger partial charge on any atom is -0.364 e. The molecule has 2 aromatic rings. The van der Waals surface area contributed by atoms with Gasteiger partial charge in [-0.05, 0) is 49.2 Å². The van der Waals surface area contributed by atoms with E-state index >= 15 is 0 Å². The van der Waals surface area contributed by atoms with Gasteiger partial charge in [0.1, 0.15) is 0 Å². The Morgan fingerprint density at radius 1 is 1.24 bits per heavy atom. The third-order valence-corrected chi connectivity index (χ3v) is 4.65. The molecule has 0 saturated heterocycles. The van der Waals surface area contributed by atoms with Crippen molar-refractivity contribution in [3.05, 3.63) is 64.7 Å². The highest BCUT2D eigenvalue weighted by Gasteiger charge is 2.30. The van der Waals surface area contributed by atoms with Crippen molar-refractivity contribution in [2.75, 3.05) is 18.0 Å². The number of benzene rings is 2. The molecular formula is C18H21ClN2. The molecule has 0 spiro atoms. The van der Waals surface area contributed by atoms with Crippen molar-refractivity contribution in [2.24, 2.45) is 5.73 Å². The van der Waals surface area contributed by atoms with E-state index in [2.05, 4.69) is 48.2 Å². The molecule has 1 heterocycles. The smallest absolute Gasteiger partial charge is 0.0515 e. The van der Waals surface area contributed by atoms with Crippen LogP contribution in [0.2, 0.25) is 5.02 Å². The van der Waals surface area contributed by atoms with Gasteiger partial charge in [0, 0.05) is 23.2 Å². The fourth-order valence-corrected chi connectivity index (χ4v) is 3.49.